The molecule has 0 aliphatic carbocycles. The number of hydrogen-bond acceptors (Lipinski definition) is 6. The molecule has 170 valence electrons. The smallest absolute Gasteiger partial charge is 0.407 e. The lowest BCUT2D eigenvalue weighted by atomic mass is 10.1. The highest BCUT2D eigenvalue weighted by Gasteiger charge is 2.26. The molecule has 32 heavy (non-hydrogen) atoms. The molecule has 0 unspecified atom stereocenters. The number of ether oxygens (including phenoxy) is 1. The molecule has 0 radical (unpaired) electrons. The van der Waals surface area contributed by atoms with E-state index in [0.717, 1.165) is 19.4 Å². The first kappa shape index (κ1) is 21.7. The number of aromatic amines is 1. The number of amides is 1. The third-order valence-corrected chi connectivity index (χ3v) is 5.51. The standard InChI is InChI=1S/C22H27N5O5/c1-22(2,3)32-21(31)23-13-6-5-9-27(11-13)20-24-16-14-8-7-12(19(29)30)10-15(14)26(4)18(28)17(16)25-20/h7-8,10,13H,5-6,9,11H2,1-4H3,(H,23,31)(H,24,25)(H,29,30)/t13-/m1/s1. The highest BCUT2D eigenvalue weighted by atomic mass is 16.6. The van der Waals surface area contributed by atoms with Crippen molar-refractivity contribution in [2.75, 3.05) is 18.0 Å². The molecule has 3 heterocycles. The molecule has 1 fully saturated rings. The van der Waals surface area contributed by atoms with Gasteiger partial charge in [-0.1, -0.05) is 0 Å². The minimum atomic E-state index is -1.06. The maximum atomic E-state index is 12.9. The Kier molecular flexibility index (Phi) is 5.31. The zero-order valence-corrected chi connectivity index (χ0v) is 18.6. The monoisotopic (exact) mass is 441 g/mol. The van der Waals surface area contributed by atoms with E-state index < -0.39 is 17.7 Å². The Hall–Kier alpha value is -3.56. The summed E-state index contributed by atoms with van der Waals surface area (Å²) in [5.41, 5.74) is 0.615. The second-order valence-corrected chi connectivity index (χ2v) is 9.12. The number of nitrogens with one attached hydrogen (secondary N) is 2. The van der Waals surface area contributed by atoms with Crippen molar-refractivity contribution in [2.45, 2.75) is 45.3 Å². The number of H-pyrrole nitrogens is 1. The number of carbonyl (C=O) groups is 2. The number of hydrogen-bond donors (Lipinski definition) is 3. The number of aromatic carboxylic acids is 1. The fourth-order valence-electron chi connectivity index (χ4n) is 4.04. The molecule has 10 nitrogen and oxygen atoms in total. The number of piperidine rings is 1. The van der Waals surface area contributed by atoms with Gasteiger partial charge in [0, 0.05) is 31.6 Å². The molecular weight excluding hydrogens is 414 g/mol. The van der Waals surface area contributed by atoms with Gasteiger partial charge in [0.15, 0.2) is 0 Å². The van der Waals surface area contributed by atoms with Crippen molar-refractivity contribution in [3.8, 4) is 0 Å². The third-order valence-electron chi connectivity index (χ3n) is 5.51. The molecule has 1 amide bonds. The number of fused-ring (bicyclic) bond motifs is 3. The fraction of sp³-hybridized carbons (Fsp3) is 0.455. The van der Waals surface area contributed by atoms with E-state index in [1.54, 1.807) is 13.1 Å². The summed E-state index contributed by atoms with van der Waals surface area (Å²) < 4.78 is 6.78. The van der Waals surface area contributed by atoms with Crippen LogP contribution in [-0.2, 0) is 11.8 Å². The van der Waals surface area contributed by atoms with Crippen LogP contribution in [0.5, 0.6) is 0 Å². The molecule has 1 aliphatic rings. The number of carbonyl (C=O) groups excluding carboxylic acids is 1. The Balaban J connectivity index is 1.65. The van der Waals surface area contributed by atoms with Gasteiger partial charge in [-0.2, -0.15) is 0 Å². The van der Waals surface area contributed by atoms with Crippen LogP contribution in [0.1, 0.15) is 44.0 Å². The number of aryl methyl sites for hydroxylation is 1. The average Bonchev–Trinajstić information content (AvgIpc) is 3.16. The molecule has 1 aliphatic heterocycles. The highest BCUT2D eigenvalue weighted by molar-refractivity contribution is 6.05. The molecule has 1 saturated heterocycles. The van der Waals surface area contributed by atoms with Gasteiger partial charge < -0.3 is 29.6 Å². The lowest BCUT2D eigenvalue weighted by Gasteiger charge is -2.33. The van der Waals surface area contributed by atoms with Gasteiger partial charge in [-0.3, -0.25) is 4.79 Å². The molecule has 0 bridgehead atoms. The zero-order valence-electron chi connectivity index (χ0n) is 18.6. The summed E-state index contributed by atoms with van der Waals surface area (Å²) >= 11 is 0. The van der Waals surface area contributed by atoms with Crippen molar-refractivity contribution in [2.24, 2.45) is 7.05 Å². The van der Waals surface area contributed by atoms with Crippen LogP contribution in [-0.4, -0.2) is 56.4 Å². The van der Waals surface area contributed by atoms with Crippen molar-refractivity contribution in [1.82, 2.24) is 19.9 Å². The summed E-state index contributed by atoms with van der Waals surface area (Å²) in [4.78, 5) is 46.2. The lowest BCUT2D eigenvalue weighted by Crippen LogP contribution is -2.49. The highest BCUT2D eigenvalue weighted by Crippen LogP contribution is 2.26. The van der Waals surface area contributed by atoms with Crippen LogP contribution in [0.3, 0.4) is 0 Å². The maximum absolute atomic E-state index is 12.9. The Labute approximate surface area is 184 Å². The number of aromatic nitrogens is 3. The van der Waals surface area contributed by atoms with Gasteiger partial charge in [-0.15, -0.1) is 0 Å². The number of benzene rings is 1. The number of carboxylic acid groups (broad SMARTS) is 1. The first-order valence-corrected chi connectivity index (χ1v) is 10.5. The molecule has 10 heteroatoms. The Morgan fingerprint density at radius 3 is 2.75 bits per heavy atom. The number of alkyl carbamates (subject to hydrolysis) is 1. The molecule has 1 atom stereocenters. The number of imidazole rings is 1. The third kappa shape index (κ3) is 4.12. The van der Waals surface area contributed by atoms with Crippen LogP contribution in [0, 0.1) is 0 Å². The summed E-state index contributed by atoms with van der Waals surface area (Å²) in [5.74, 6) is -0.512. The topological polar surface area (TPSA) is 130 Å². The van der Waals surface area contributed by atoms with E-state index in [1.165, 1.54) is 16.7 Å². The molecule has 0 spiro atoms. The van der Waals surface area contributed by atoms with E-state index in [0.29, 0.717) is 34.4 Å². The van der Waals surface area contributed by atoms with E-state index in [9.17, 15) is 19.5 Å². The predicted molar refractivity (Wildman–Crippen MR) is 120 cm³/mol. The Bertz CT molecular complexity index is 1270. The normalized spacial score (nSPS) is 17.0. The first-order chi connectivity index (χ1) is 15.0. The summed E-state index contributed by atoms with van der Waals surface area (Å²) in [6, 6.07) is 4.55. The van der Waals surface area contributed by atoms with Crippen LogP contribution < -0.4 is 15.8 Å². The van der Waals surface area contributed by atoms with Crippen molar-refractivity contribution in [3.05, 3.63) is 34.1 Å². The van der Waals surface area contributed by atoms with Gasteiger partial charge in [0.25, 0.3) is 5.56 Å². The van der Waals surface area contributed by atoms with E-state index in [2.05, 4.69) is 15.3 Å². The van der Waals surface area contributed by atoms with E-state index in [-0.39, 0.29) is 17.2 Å². The van der Waals surface area contributed by atoms with Crippen LogP contribution in [0.4, 0.5) is 10.7 Å². The average molecular weight is 441 g/mol. The van der Waals surface area contributed by atoms with Gasteiger partial charge in [0.1, 0.15) is 16.6 Å². The molecule has 2 aromatic heterocycles. The molecule has 1 aromatic carbocycles. The van der Waals surface area contributed by atoms with Gasteiger partial charge in [-0.25, -0.2) is 14.6 Å². The minimum absolute atomic E-state index is 0.106. The molecule has 3 N–H and O–H groups in total. The molecule has 4 rings (SSSR count). The van der Waals surface area contributed by atoms with Crippen LogP contribution in [0.15, 0.2) is 23.0 Å². The predicted octanol–water partition coefficient (Wildman–Crippen LogP) is 2.61. The summed E-state index contributed by atoms with van der Waals surface area (Å²) in [7, 11) is 1.61. The van der Waals surface area contributed by atoms with E-state index in [4.69, 9.17) is 4.74 Å². The number of nitrogens with zero attached hydrogens (tertiary/aromatic N) is 3. The van der Waals surface area contributed by atoms with Crippen molar-refractivity contribution in [3.63, 3.8) is 0 Å². The van der Waals surface area contributed by atoms with Gasteiger partial charge in [0.2, 0.25) is 5.95 Å². The summed E-state index contributed by atoms with van der Waals surface area (Å²) in [6.45, 7) is 6.71. The minimum Gasteiger partial charge on any atom is -0.478 e. The van der Waals surface area contributed by atoms with Crippen molar-refractivity contribution >= 4 is 39.9 Å². The van der Waals surface area contributed by atoms with E-state index >= 15 is 0 Å². The molecule has 0 saturated carbocycles. The van der Waals surface area contributed by atoms with Crippen LogP contribution in [0.25, 0.3) is 21.9 Å². The van der Waals surface area contributed by atoms with Crippen molar-refractivity contribution < 1.29 is 19.4 Å². The molecule has 3 aromatic rings. The zero-order chi connectivity index (χ0) is 23.2. The fourth-order valence-corrected chi connectivity index (χ4v) is 4.04. The number of pyridine rings is 1. The lowest BCUT2D eigenvalue weighted by molar-refractivity contribution is 0.0499. The Morgan fingerprint density at radius 2 is 2.06 bits per heavy atom. The SMILES string of the molecule is Cn1c(=O)c2[nH]c(N3CCC[C@@H](NC(=O)OC(C)(C)C)C3)nc2c2ccc(C(=O)O)cc21. The van der Waals surface area contributed by atoms with Crippen LogP contribution >= 0.6 is 0 Å². The second-order valence-electron chi connectivity index (χ2n) is 9.12. The van der Waals surface area contributed by atoms with Crippen molar-refractivity contribution in [1.29, 1.82) is 0 Å². The largest absolute Gasteiger partial charge is 0.478 e. The number of anilines is 1. The summed E-state index contributed by atoms with van der Waals surface area (Å²) in [6.07, 6.45) is 1.21. The van der Waals surface area contributed by atoms with Gasteiger partial charge in [0.05, 0.1) is 11.1 Å². The molecular formula is C22H27N5O5. The second kappa shape index (κ2) is 7.85. The summed E-state index contributed by atoms with van der Waals surface area (Å²) in [5, 5.41) is 12.9. The maximum Gasteiger partial charge on any atom is 0.407 e. The Morgan fingerprint density at radius 1 is 1.31 bits per heavy atom. The van der Waals surface area contributed by atoms with Gasteiger partial charge in [-0.05, 0) is 51.8 Å². The number of carboxylic acids is 1. The number of rotatable bonds is 3. The first-order valence-electron chi connectivity index (χ1n) is 10.5. The van der Waals surface area contributed by atoms with Gasteiger partial charge >= 0.3 is 12.1 Å². The van der Waals surface area contributed by atoms with E-state index in [1.807, 2.05) is 25.7 Å². The quantitative estimate of drug-likeness (QED) is 0.570. The van der Waals surface area contributed by atoms with Crippen LogP contribution in [0.2, 0.25) is 0 Å².